The minimum atomic E-state index is 0.128. The van der Waals surface area contributed by atoms with E-state index in [1.165, 1.54) is 42.4 Å². The van der Waals surface area contributed by atoms with Gasteiger partial charge in [-0.25, -0.2) is 0 Å². The van der Waals surface area contributed by atoms with E-state index < -0.39 is 0 Å². The third-order valence-corrected chi connectivity index (χ3v) is 5.96. The molecule has 0 heterocycles. The highest BCUT2D eigenvalue weighted by molar-refractivity contribution is 5.43. The van der Waals surface area contributed by atoms with Crippen LogP contribution in [0.5, 0.6) is 5.75 Å². The van der Waals surface area contributed by atoms with E-state index in [4.69, 9.17) is 0 Å². The van der Waals surface area contributed by atoms with Crippen LogP contribution in [0.1, 0.15) is 59.8 Å². The number of phenols is 1. The van der Waals surface area contributed by atoms with E-state index in [0.29, 0.717) is 23.5 Å². The van der Waals surface area contributed by atoms with E-state index in [9.17, 15) is 10.2 Å². The van der Waals surface area contributed by atoms with Crippen LogP contribution >= 0.6 is 0 Å². The average Bonchev–Trinajstić information content (AvgIpc) is 2.61. The van der Waals surface area contributed by atoms with Crippen LogP contribution in [0.4, 0.5) is 0 Å². The summed E-state index contributed by atoms with van der Waals surface area (Å²) in [7, 11) is 0. The summed E-state index contributed by atoms with van der Waals surface area (Å²) in [6.45, 7) is 0.128. The standard InChI is InChI=1S/C21H24O2/c22-13-15-4-3-7-19-17-5-1-2-6-18(17)20(12-21(15)19)14-8-10-16(23)11-9-14/h3-4,7-11,17-18,20,22-23H,1-2,5-6,12-13H2. The Balaban J connectivity index is 1.80. The molecule has 0 aliphatic heterocycles. The van der Waals surface area contributed by atoms with E-state index in [2.05, 4.69) is 30.3 Å². The van der Waals surface area contributed by atoms with Crippen LogP contribution in [0.15, 0.2) is 42.5 Å². The third kappa shape index (κ3) is 2.55. The first-order chi connectivity index (χ1) is 11.3. The molecule has 2 aliphatic rings. The summed E-state index contributed by atoms with van der Waals surface area (Å²) >= 11 is 0. The summed E-state index contributed by atoms with van der Waals surface area (Å²) < 4.78 is 0. The molecule has 2 aromatic carbocycles. The first kappa shape index (κ1) is 14.8. The van der Waals surface area contributed by atoms with Crippen molar-refractivity contribution in [1.82, 2.24) is 0 Å². The van der Waals surface area contributed by atoms with Gasteiger partial charge in [0.05, 0.1) is 6.61 Å². The van der Waals surface area contributed by atoms with Crippen LogP contribution in [0.2, 0.25) is 0 Å². The molecule has 0 bridgehead atoms. The molecule has 0 radical (unpaired) electrons. The number of hydrogen-bond donors (Lipinski definition) is 2. The van der Waals surface area contributed by atoms with E-state index in [1.807, 2.05) is 0 Å². The van der Waals surface area contributed by atoms with Gasteiger partial charge in [-0.2, -0.15) is 0 Å². The molecule has 120 valence electrons. The lowest BCUT2D eigenvalue weighted by Crippen LogP contribution is -2.31. The Kier molecular flexibility index (Phi) is 3.86. The van der Waals surface area contributed by atoms with Crippen molar-refractivity contribution in [3.8, 4) is 5.75 Å². The predicted octanol–water partition coefficient (Wildman–Crippen LogP) is 4.50. The Morgan fingerprint density at radius 3 is 2.48 bits per heavy atom. The van der Waals surface area contributed by atoms with Crippen LogP contribution in [0.3, 0.4) is 0 Å². The van der Waals surface area contributed by atoms with Gasteiger partial charge >= 0.3 is 0 Å². The van der Waals surface area contributed by atoms with Crippen molar-refractivity contribution in [3.05, 3.63) is 64.7 Å². The highest BCUT2D eigenvalue weighted by Gasteiger charge is 2.39. The minimum absolute atomic E-state index is 0.128. The van der Waals surface area contributed by atoms with Gasteiger partial charge in [0, 0.05) is 0 Å². The fourth-order valence-electron chi connectivity index (χ4n) is 4.88. The number of benzene rings is 2. The molecular formula is C21H24O2. The molecule has 0 saturated heterocycles. The summed E-state index contributed by atoms with van der Waals surface area (Å²) in [5.41, 5.74) is 5.28. The molecule has 1 fully saturated rings. The Hall–Kier alpha value is -1.80. The second kappa shape index (κ2) is 6.01. The van der Waals surface area contributed by atoms with Crippen molar-refractivity contribution in [3.63, 3.8) is 0 Å². The fraction of sp³-hybridized carbons (Fsp3) is 0.429. The minimum Gasteiger partial charge on any atom is -0.508 e. The molecule has 23 heavy (non-hydrogen) atoms. The summed E-state index contributed by atoms with van der Waals surface area (Å²) in [4.78, 5) is 0. The van der Waals surface area contributed by atoms with Gasteiger partial charge in [0.25, 0.3) is 0 Å². The van der Waals surface area contributed by atoms with Crippen molar-refractivity contribution in [2.24, 2.45) is 5.92 Å². The van der Waals surface area contributed by atoms with Gasteiger partial charge in [-0.15, -0.1) is 0 Å². The summed E-state index contributed by atoms with van der Waals surface area (Å²) in [6.07, 6.45) is 6.20. The average molecular weight is 308 g/mol. The first-order valence-corrected chi connectivity index (χ1v) is 8.78. The SMILES string of the molecule is OCc1cccc2c1CC(c1ccc(O)cc1)C1CCCCC21. The maximum absolute atomic E-state index is 9.75. The Morgan fingerprint density at radius 1 is 0.913 bits per heavy atom. The van der Waals surface area contributed by atoms with E-state index in [0.717, 1.165) is 12.0 Å². The monoisotopic (exact) mass is 308 g/mol. The zero-order valence-electron chi connectivity index (χ0n) is 13.4. The molecule has 0 amide bonds. The normalized spacial score (nSPS) is 26.4. The highest BCUT2D eigenvalue weighted by atomic mass is 16.3. The van der Waals surface area contributed by atoms with Crippen molar-refractivity contribution < 1.29 is 10.2 Å². The van der Waals surface area contributed by atoms with E-state index in [1.54, 1.807) is 12.1 Å². The van der Waals surface area contributed by atoms with E-state index >= 15 is 0 Å². The van der Waals surface area contributed by atoms with Crippen molar-refractivity contribution >= 4 is 0 Å². The van der Waals surface area contributed by atoms with Gasteiger partial charge in [-0.3, -0.25) is 0 Å². The van der Waals surface area contributed by atoms with Crippen molar-refractivity contribution in [2.45, 2.75) is 50.5 Å². The molecule has 2 N–H and O–H groups in total. The fourth-order valence-corrected chi connectivity index (χ4v) is 4.88. The van der Waals surface area contributed by atoms with Gasteiger partial charge in [-0.05, 0) is 71.4 Å². The van der Waals surface area contributed by atoms with Crippen molar-refractivity contribution in [1.29, 1.82) is 0 Å². The lowest BCUT2D eigenvalue weighted by Gasteiger charge is -2.43. The largest absolute Gasteiger partial charge is 0.508 e. The first-order valence-electron chi connectivity index (χ1n) is 8.78. The van der Waals surface area contributed by atoms with Gasteiger partial charge in [0.2, 0.25) is 0 Å². The molecule has 2 nitrogen and oxygen atoms in total. The number of aliphatic hydroxyl groups excluding tert-OH is 1. The maximum atomic E-state index is 9.75. The zero-order chi connectivity index (χ0) is 15.8. The molecule has 3 atom stereocenters. The predicted molar refractivity (Wildman–Crippen MR) is 91.6 cm³/mol. The lowest BCUT2D eigenvalue weighted by atomic mass is 9.61. The Bertz CT molecular complexity index is 689. The Labute approximate surface area is 137 Å². The van der Waals surface area contributed by atoms with Crippen LogP contribution in [0, 0.1) is 5.92 Å². The summed E-state index contributed by atoms with van der Waals surface area (Å²) in [6, 6.07) is 14.2. The summed E-state index contributed by atoms with van der Waals surface area (Å²) in [5, 5.41) is 19.3. The molecule has 0 aromatic heterocycles. The smallest absolute Gasteiger partial charge is 0.115 e. The molecule has 3 unspecified atom stereocenters. The quantitative estimate of drug-likeness (QED) is 0.857. The second-order valence-corrected chi connectivity index (χ2v) is 7.10. The maximum Gasteiger partial charge on any atom is 0.115 e. The zero-order valence-corrected chi connectivity index (χ0v) is 13.4. The van der Waals surface area contributed by atoms with Gasteiger partial charge in [0.1, 0.15) is 5.75 Å². The van der Waals surface area contributed by atoms with Crippen LogP contribution < -0.4 is 0 Å². The molecule has 2 aromatic rings. The molecule has 2 aliphatic carbocycles. The van der Waals surface area contributed by atoms with Gasteiger partial charge < -0.3 is 10.2 Å². The third-order valence-electron chi connectivity index (χ3n) is 5.96. The second-order valence-electron chi connectivity index (χ2n) is 7.10. The lowest BCUT2D eigenvalue weighted by molar-refractivity contribution is 0.238. The van der Waals surface area contributed by atoms with Crippen LogP contribution in [0.25, 0.3) is 0 Å². The highest BCUT2D eigenvalue weighted by Crippen LogP contribution is 2.51. The topological polar surface area (TPSA) is 40.5 Å². The number of aromatic hydroxyl groups is 1. The summed E-state index contributed by atoms with van der Waals surface area (Å²) in [5.74, 6) is 2.15. The van der Waals surface area contributed by atoms with E-state index in [-0.39, 0.29) is 6.61 Å². The van der Waals surface area contributed by atoms with Crippen molar-refractivity contribution in [2.75, 3.05) is 0 Å². The number of hydrogen-bond acceptors (Lipinski definition) is 2. The number of fused-ring (bicyclic) bond motifs is 3. The molecule has 0 spiro atoms. The Morgan fingerprint density at radius 2 is 1.70 bits per heavy atom. The van der Waals surface area contributed by atoms with Gasteiger partial charge in [-0.1, -0.05) is 43.2 Å². The van der Waals surface area contributed by atoms with Crippen LogP contribution in [-0.2, 0) is 13.0 Å². The molecule has 1 saturated carbocycles. The van der Waals surface area contributed by atoms with Crippen LogP contribution in [-0.4, -0.2) is 10.2 Å². The van der Waals surface area contributed by atoms with Gasteiger partial charge in [0.15, 0.2) is 0 Å². The molecule has 2 heteroatoms. The molecular weight excluding hydrogens is 284 g/mol. The number of phenolic OH excluding ortho intramolecular Hbond substituents is 1. The molecule has 4 rings (SSSR count). The number of rotatable bonds is 2. The number of aliphatic hydroxyl groups is 1.